The number of hydrogen-bond acceptors (Lipinski definition) is 9. The molecule has 0 amide bonds. The second-order valence-electron chi connectivity index (χ2n) is 9.68. The highest BCUT2D eigenvalue weighted by Gasteiger charge is 2.35. The topological polar surface area (TPSA) is 99.6 Å². The third-order valence-electron chi connectivity index (χ3n) is 6.59. The molecule has 1 aliphatic heterocycles. The Balaban J connectivity index is 1.50. The third kappa shape index (κ3) is 5.86. The molecular formula is C32H25FN4O4S2. The molecule has 216 valence electrons. The van der Waals surface area contributed by atoms with Crippen LogP contribution in [0, 0.1) is 19.7 Å². The van der Waals surface area contributed by atoms with Gasteiger partial charge in [-0.05, 0) is 68.4 Å². The molecule has 4 heterocycles. The number of benzene rings is 2. The zero-order chi connectivity index (χ0) is 30.1. The number of nitrogens with zero attached hydrogens (tertiary/aromatic N) is 4. The normalized spacial score (nSPS) is 14.9. The highest BCUT2D eigenvalue weighted by atomic mass is 32.2. The van der Waals surface area contributed by atoms with Crippen molar-refractivity contribution in [3.63, 3.8) is 0 Å². The second kappa shape index (κ2) is 11.9. The van der Waals surface area contributed by atoms with Crippen LogP contribution in [0.4, 0.5) is 4.39 Å². The van der Waals surface area contributed by atoms with Crippen LogP contribution in [0.5, 0.6) is 0 Å². The van der Waals surface area contributed by atoms with Crippen molar-refractivity contribution in [1.82, 2.24) is 14.5 Å². The first-order valence-electron chi connectivity index (χ1n) is 13.4. The molecule has 0 unspecified atom stereocenters. The van der Waals surface area contributed by atoms with Gasteiger partial charge in [-0.2, -0.15) is 0 Å². The molecule has 3 aromatic heterocycles. The number of thiazole rings is 1. The van der Waals surface area contributed by atoms with Crippen molar-refractivity contribution in [3.05, 3.63) is 132 Å². The van der Waals surface area contributed by atoms with E-state index in [-0.39, 0.29) is 17.7 Å². The number of fused-ring (bicyclic) bond motifs is 1. The van der Waals surface area contributed by atoms with Crippen LogP contribution in [-0.4, -0.2) is 27.1 Å². The van der Waals surface area contributed by atoms with E-state index in [0.29, 0.717) is 42.2 Å². The van der Waals surface area contributed by atoms with Gasteiger partial charge in [-0.3, -0.25) is 9.36 Å². The standard InChI is InChI=1S/C32H25FN4O4S2/c1-4-40-30(39)26-27(20-8-6-5-7-9-20)36-32-37(28(26)21-10-12-22(33)13-11-21)29(38)24(42-32)17-23-14-15-25(41-23)43-31-34-18(2)16-19(3)35-31/h5-17,28H,4H2,1-3H3/b24-17+/t28-/m0/s1. The summed E-state index contributed by atoms with van der Waals surface area (Å²) in [5.74, 6) is -0.572. The van der Waals surface area contributed by atoms with Crippen molar-refractivity contribution in [2.75, 3.05) is 6.61 Å². The summed E-state index contributed by atoms with van der Waals surface area (Å²) in [5, 5.41) is 1.14. The van der Waals surface area contributed by atoms with E-state index in [1.165, 1.54) is 39.8 Å². The van der Waals surface area contributed by atoms with E-state index in [2.05, 4.69) is 9.97 Å². The number of carbonyl (C=O) groups excluding carboxylic acids is 1. The number of hydrogen-bond donors (Lipinski definition) is 0. The van der Waals surface area contributed by atoms with Gasteiger partial charge in [0.25, 0.3) is 5.56 Å². The fourth-order valence-electron chi connectivity index (χ4n) is 4.83. The summed E-state index contributed by atoms with van der Waals surface area (Å²) < 4.78 is 27.2. The van der Waals surface area contributed by atoms with Gasteiger partial charge in [0.05, 0.1) is 28.5 Å². The number of ether oxygens (including phenoxy) is 1. The molecule has 0 bridgehead atoms. The lowest BCUT2D eigenvalue weighted by Crippen LogP contribution is -2.40. The zero-order valence-electron chi connectivity index (χ0n) is 23.4. The van der Waals surface area contributed by atoms with Crippen molar-refractivity contribution in [2.24, 2.45) is 4.99 Å². The van der Waals surface area contributed by atoms with Crippen LogP contribution in [-0.2, 0) is 9.53 Å². The predicted octanol–water partition coefficient (Wildman–Crippen LogP) is 5.23. The Morgan fingerprint density at radius 1 is 1.07 bits per heavy atom. The summed E-state index contributed by atoms with van der Waals surface area (Å²) in [7, 11) is 0. The van der Waals surface area contributed by atoms with Gasteiger partial charge >= 0.3 is 5.97 Å². The van der Waals surface area contributed by atoms with Gasteiger partial charge in [0.15, 0.2) is 15.1 Å². The Kier molecular flexibility index (Phi) is 7.92. The number of rotatable bonds is 7. The fraction of sp³-hybridized carbons (Fsp3) is 0.156. The summed E-state index contributed by atoms with van der Waals surface area (Å²) in [5.41, 5.74) is 3.18. The Bertz CT molecular complexity index is 2030. The molecule has 43 heavy (non-hydrogen) atoms. The van der Waals surface area contributed by atoms with E-state index < -0.39 is 17.8 Å². The third-order valence-corrected chi connectivity index (χ3v) is 8.36. The van der Waals surface area contributed by atoms with Crippen LogP contribution in [0.15, 0.2) is 103 Å². The van der Waals surface area contributed by atoms with Crippen LogP contribution in [0.25, 0.3) is 11.8 Å². The van der Waals surface area contributed by atoms with E-state index in [4.69, 9.17) is 14.1 Å². The molecule has 2 aromatic carbocycles. The fourth-order valence-corrected chi connectivity index (χ4v) is 6.64. The second-order valence-corrected chi connectivity index (χ2v) is 11.7. The summed E-state index contributed by atoms with van der Waals surface area (Å²) in [4.78, 5) is 41.5. The summed E-state index contributed by atoms with van der Waals surface area (Å²) in [6, 6.07) is 19.5. The Morgan fingerprint density at radius 2 is 1.79 bits per heavy atom. The number of furan rings is 1. The van der Waals surface area contributed by atoms with E-state index in [1.807, 2.05) is 50.2 Å². The summed E-state index contributed by atoms with van der Waals surface area (Å²) in [6.07, 6.45) is 1.65. The van der Waals surface area contributed by atoms with E-state index in [1.54, 1.807) is 37.3 Å². The van der Waals surface area contributed by atoms with Crippen LogP contribution in [0.3, 0.4) is 0 Å². The molecule has 8 nitrogen and oxygen atoms in total. The zero-order valence-corrected chi connectivity index (χ0v) is 25.0. The predicted molar refractivity (Wildman–Crippen MR) is 162 cm³/mol. The van der Waals surface area contributed by atoms with Crippen molar-refractivity contribution in [2.45, 2.75) is 37.1 Å². The number of aromatic nitrogens is 3. The van der Waals surface area contributed by atoms with Gasteiger partial charge in [0.1, 0.15) is 11.6 Å². The molecule has 0 fully saturated rings. The van der Waals surface area contributed by atoms with Gasteiger partial charge in [0.2, 0.25) is 0 Å². The van der Waals surface area contributed by atoms with E-state index in [0.717, 1.165) is 11.4 Å². The van der Waals surface area contributed by atoms with Gasteiger partial charge in [-0.25, -0.2) is 24.1 Å². The van der Waals surface area contributed by atoms with Gasteiger partial charge < -0.3 is 9.15 Å². The SMILES string of the molecule is CCOC(=O)C1=C(c2ccccc2)N=c2s/c(=C/c3ccc(Sc4nc(C)cc(C)n4)o3)c(=O)n2[C@H]1c1ccc(F)cc1. The first-order valence-corrected chi connectivity index (χ1v) is 15.1. The van der Waals surface area contributed by atoms with Crippen LogP contribution in [0.1, 0.15) is 41.2 Å². The maximum atomic E-state index is 14.0. The van der Waals surface area contributed by atoms with E-state index in [9.17, 15) is 14.0 Å². The molecule has 0 radical (unpaired) electrons. The van der Waals surface area contributed by atoms with Gasteiger partial charge in [0, 0.05) is 23.0 Å². The van der Waals surface area contributed by atoms with Crippen molar-refractivity contribution in [3.8, 4) is 0 Å². The average molecular weight is 613 g/mol. The van der Waals surface area contributed by atoms with Gasteiger partial charge in [-0.15, -0.1) is 0 Å². The van der Waals surface area contributed by atoms with Crippen molar-refractivity contribution < 1.29 is 18.3 Å². The molecule has 1 aliphatic rings. The first-order chi connectivity index (χ1) is 20.8. The molecule has 6 rings (SSSR count). The Labute approximate surface area is 253 Å². The Morgan fingerprint density at radius 3 is 2.49 bits per heavy atom. The maximum Gasteiger partial charge on any atom is 0.338 e. The molecule has 0 saturated carbocycles. The summed E-state index contributed by atoms with van der Waals surface area (Å²) >= 11 is 2.47. The Hall–Kier alpha value is -4.61. The monoisotopic (exact) mass is 612 g/mol. The molecule has 0 spiro atoms. The number of aryl methyl sites for hydroxylation is 2. The molecule has 0 aliphatic carbocycles. The number of esters is 1. The van der Waals surface area contributed by atoms with Crippen LogP contribution >= 0.6 is 23.1 Å². The van der Waals surface area contributed by atoms with Crippen molar-refractivity contribution >= 4 is 40.8 Å². The molecule has 1 atom stereocenters. The van der Waals surface area contributed by atoms with Crippen molar-refractivity contribution in [1.29, 1.82) is 0 Å². The highest BCUT2D eigenvalue weighted by Crippen LogP contribution is 2.35. The van der Waals surface area contributed by atoms with Crippen LogP contribution < -0.4 is 14.9 Å². The lowest BCUT2D eigenvalue weighted by molar-refractivity contribution is -0.138. The molecule has 5 aromatic rings. The summed E-state index contributed by atoms with van der Waals surface area (Å²) in [6.45, 7) is 5.66. The quantitative estimate of drug-likeness (QED) is 0.183. The minimum absolute atomic E-state index is 0.136. The molecule has 0 N–H and O–H groups in total. The average Bonchev–Trinajstić information content (AvgIpc) is 3.55. The smallest absolute Gasteiger partial charge is 0.338 e. The minimum Gasteiger partial charge on any atom is -0.463 e. The first kappa shape index (κ1) is 28.5. The maximum absolute atomic E-state index is 14.0. The number of halogens is 1. The van der Waals surface area contributed by atoms with Crippen LogP contribution in [0.2, 0.25) is 0 Å². The lowest BCUT2D eigenvalue weighted by Gasteiger charge is -2.25. The van der Waals surface area contributed by atoms with E-state index >= 15 is 0 Å². The lowest BCUT2D eigenvalue weighted by atomic mass is 9.93. The molecule has 0 saturated heterocycles. The minimum atomic E-state index is -0.891. The molecule has 11 heteroatoms. The number of carbonyl (C=O) groups is 1. The highest BCUT2D eigenvalue weighted by molar-refractivity contribution is 7.99. The largest absolute Gasteiger partial charge is 0.463 e. The van der Waals surface area contributed by atoms with Gasteiger partial charge in [-0.1, -0.05) is 53.8 Å². The molecular weight excluding hydrogens is 588 g/mol.